The number of carbonyl (C=O) groups excluding carboxylic acids is 2. The first-order valence-corrected chi connectivity index (χ1v) is 11.4. The highest BCUT2D eigenvalue weighted by atomic mass is 16.2. The predicted octanol–water partition coefficient (Wildman–Crippen LogP) is 3.91. The van der Waals surface area contributed by atoms with Crippen molar-refractivity contribution in [1.82, 2.24) is 14.7 Å². The number of nitrogens with one attached hydrogen (secondary N) is 1. The molecule has 1 N–H and O–H groups in total. The van der Waals surface area contributed by atoms with E-state index in [1.54, 1.807) is 4.90 Å². The Morgan fingerprint density at radius 3 is 2.23 bits per heavy atom. The minimum atomic E-state index is -0.214. The third-order valence-corrected chi connectivity index (χ3v) is 6.20. The number of amides is 3. The maximum Gasteiger partial charge on any atom is 0.322 e. The van der Waals surface area contributed by atoms with Gasteiger partial charge in [-0.2, -0.15) is 0 Å². The van der Waals surface area contributed by atoms with Crippen molar-refractivity contribution in [2.24, 2.45) is 0 Å². The van der Waals surface area contributed by atoms with Gasteiger partial charge in [0.05, 0.1) is 0 Å². The van der Waals surface area contributed by atoms with Crippen molar-refractivity contribution in [2.75, 3.05) is 51.1 Å². The number of piperazine rings is 1. The van der Waals surface area contributed by atoms with Crippen molar-refractivity contribution in [3.05, 3.63) is 54.6 Å². The zero-order valence-corrected chi connectivity index (χ0v) is 18.1. The van der Waals surface area contributed by atoms with Crippen molar-refractivity contribution < 1.29 is 9.59 Å². The van der Waals surface area contributed by atoms with Gasteiger partial charge in [0.25, 0.3) is 0 Å². The van der Waals surface area contributed by atoms with Crippen molar-refractivity contribution in [3.8, 4) is 11.1 Å². The number of likely N-dealkylation sites (tertiary alicyclic amines) is 1. The zero-order chi connectivity index (χ0) is 21.5. The molecule has 0 saturated carbocycles. The predicted molar refractivity (Wildman–Crippen MR) is 124 cm³/mol. The van der Waals surface area contributed by atoms with Gasteiger partial charge >= 0.3 is 6.03 Å². The summed E-state index contributed by atoms with van der Waals surface area (Å²) in [5.74, 6) is 0.0412. The maximum atomic E-state index is 12.6. The lowest BCUT2D eigenvalue weighted by Crippen LogP contribution is -2.53. The van der Waals surface area contributed by atoms with Crippen LogP contribution in [0.5, 0.6) is 0 Å². The number of carbonyl (C=O) groups is 2. The lowest BCUT2D eigenvalue weighted by Gasteiger charge is -2.35. The fourth-order valence-electron chi connectivity index (χ4n) is 4.37. The van der Waals surface area contributed by atoms with Gasteiger partial charge in [0.1, 0.15) is 6.54 Å². The molecule has 3 amide bonds. The summed E-state index contributed by atoms with van der Waals surface area (Å²) in [6.45, 7) is 5.56. The number of nitrogens with zero attached hydrogens (tertiary/aromatic N) is 3. The lowest BCUT2D eigenvalue weighted by atomic mass is 10.1. The molecule has 0 radical (unpaired) electrons. The van der Waals surface area contributed by atoms with Gasteiger partial charge in [0, 0.05) is 25.3 Å². The molecule has 0 aliphatic carbocycles. The molecular formula is C25H32N4O2. The van der Waals surface area contributed by atoms with Gasteiger partial charge < -0.3 is 20.0 Å². The third kappa shape index (κ3) is 5.85. The summed E-state index contributed by atoms with van der Waals surface area (Å²) in [5.41, 5.74) is 2.98. The molecule has 31 heavy (non-hydrogen) atoms. The molecule has 164 valence electrons. The van der Waals surface area contributed by atoms with Gasteiger partial charge in [-0.25, -0.2) is 4.79 Å². The van der Waals surface area contributed by atoms with Gasteiger partial charge in [-0.15, -0.1) is 0 Å². The van der Waals surface area contributed by atoms with Crippen LogP contribution in [0.25, 0.3) is 11.1 Å². The number of hydrogen-bond donors (Lipinski definition) is 1. The largest absolute Gasteiger partial charge is 0.339 e. The Hall–Kier alpha value is -2.86. The van der Waals surface area contributed by atoms with E-state index in [1.807, 2.05) is 47.4 Å². The fourth-order valence-corrected chi connectivity index (χ4v) is 4.37. The third-order valence-electron chi connectivity index (χ3n) is 6.20. The molecule has 2 aromatic rings. The second-order valence-electron chi connectivity index (χ2n) is 8.43. The van der Waals surface area contributed by atoms with E-state index in [0.29, 0.717) is 13.1 Å². The molecule has 0 spiro atoms. The summed E-state index contributed by atoms with van der Waals surface area (Å²) < 4.78 is 0. The highest BCUT2D eigenvalue weighted by Gasteiger charge is 2.27. The van der Waals surface area contributed by atoms with Gasteiger partial charge in [-0.3, -0.25) is 4.79 Å². The van der Waals surface area contributed by atoms with E-state index in [-0.39, 0.29) is 18.5 Å². The molecule has 6 nitrogen and oxygen atoms in total. The first kappa shape index (κ1) is 21.4. The molecule has 6 heteroatoms. The Kier molecular flexibility index (Phi) is 7.20. The summed E-state index contributed by atoms with van der Waals surface area (Å²) in [5, 5.41) is 2.92. The smallest absolute Gasteiger partial charge is 0.322 e. The van der Waals surface area contributed by atoms with Crippen molar-refractivity contribution >= 4 is 17.6 Å². The molecule has 2 fully saturated rings. The quantitative estimate of drug-likeness (QED) is 0.771. The van der Waals surface area contributed by atoms with E-state index < -0.39 is 0 Å². The molecule has 2 aliphatic heterocycles. The molecule has 2 saturated heterocycles. The van der Waals surface area contributed by atoms with Gasteiger partial charge in [0.2, 0.25) is 5.91 Å². The number of benzene rings is 2. The van der Waals surface area contributed by atoms with Crippen LogP contribution in [0.4, 0.5) is 10.5 Å². The summed E-state index contributed by atoms with van der Waals surface area (Å²) in [7, 11) is 0. The van der Waals surface area contributed by atoms with Crippen molar-refractivity contribution in [3.63, 3.8) is 0 Å². The minimum absolute atomic E-state index is 0.0412. The molecular weight excluding hydrogens is 388 g/mol. The van der Waals surface area contributed by atoms with Gasteiger partial charge in [-0.1, -0.05) is 48.9 Å². The average Bonchev–Trinajstić information content (AvgIpc) is 2.82. The van der Waals surface area contributed by atoms with Crippen LogP contribution in [0.2, 0.25) is 0 Å². The van der Waals surface area contributed by atoms with Crippen LogP contribution in [0.1, 0.15) is 25.7 Å². The summed E-state index contributed by atoms with van der Waals surface area (Å²) in [6, 6.07) is 17.7. The molecule has 0 atom stereocenters. The zero-order valence-electron chi connectivity index (χ0n) is 18.1. The van der Waals surface area contributed by atoms with Gasteiger partial charge in [-0.05, 0) is 62.2 Å². The highest BCUT2D eigenvalue weighted by molar-refractivity contribution is 5.93. The van der Waals surface area contributed by atoms with E-state index in [1.165, 1.54) is 32.4 Å². The number of hydrogen-bond acceptors (Lipinski definition) is 3. The van der Waals surface area contributed by atoms with E-state index in [4.69, 9.17) is 0 Å². The van der Waals surface area contributed by atoms with Crippen LogP contribution in [0, 0.1) is 0 Å². The van der Waals surface area contributed by atoms with Crippen LogP contribution in [-0.2, 0) is 4.79 Å². The molecule has 2 aromatic carbocycles. The van der Waals surface area contributed by atoms with Crippen LogP contribution < -0.4 is 5.32 Å². The molecule has 0 bridgehead atoms. The number of rotatable bonds is 6. The number of anilines is 1. The Labute approximate surface area is 184 Å². The molecule has 4 rings (SSSR count). The molecule has 2 heterocycles. The van der Waals surface area contributed by atoms with Crippen molar-refractivity contribution in [1.29, 1.82) is 0 Å². The number of urea groups is 1. The van der Waals surface area contributed by atoms with E-state index in [9.17, 15) is 9.59 Å². The first-order valence-electron chi connectivity index (χ1n) is 11.4. The van der Waals surface area contributed by atoms with Crippen LogP contribution in [-0.4, -0.2) is 72.5 Å². The summed E-state index contributed by atoms with van der Waals surface area (Å²) in [4.78, 5) is 31.2. The summed E-state index contributed by atoms with van der Waals surface area (Å²) in [6.07, 6.45) is 4.94. The van der Waals surface area contributed by atoms with E-state index in [2.05, 4.69) is 22.3 Å². The highest BCUT2D eigenvalue weighted by Crippen LogP contribution is 2.21. The van der Waals surface area contributed by atoms with Crippen LogP contribution in [0.3, 0.4) is 0 Å². The topological polar surface area (TPSA) is 55.9 Å². The molecule has 0 aromatic heterocycles. The second kappa shape index (κ2) is 10.4. The van der Waals surface area contributed by atoms with Gasteiger partial charge in [0.15, 0.2) is 0 Å². The Morgan fingerprint density at radius 2 is 1.52 bits per heavy atom. The maximum absolute atomic E-state index is 12.6. The normalized spacial score (nSPS) is 17.6. The van der Waals surface area contributed by atoms with E-state index in [0.717, 1.165) is 36.3 Å². The average molecular weight is 421 g/mol. The van der Waals surface area contributed by atoms with Crippen molar-refractivity contribution in [2.45, 2.75) is 25.7 Å². The minimum Gasteiger partial charge on any atom is -0.339 e. The monoisotopic (exact) mass is 420 g/mol. The Balaban J connectivity index is 1.22. The Bertz CT molecular complexity index is 863. The molecule has 0 unspecified atom stereocenters. The van der Waals surface area contributed by atoms with E-state index >= 15 is 0 Å². The summed E-state index contributed by atoms with van der Waals surface area (Å²) >= 11 is 0. The molecule has 2 aliphatic rings. The van der Waals surface area contributed by atoms with Crippen LogP contribution in [0.15, 0.2) is 54.6 Å². The number of piperidine rings is 1. The SMILES string of the molecule is O=C1CN(C(=O)Nc2ccc(-c3ccccc3)cc2)CCN1CCCN1CCCCC1. The second-order valence-corrected chi connectivity index (χ2v) is 8.43. The lowest BCUT2D eigenvalue weighted by molar-refractivity contribution is -0.134. The fraction of sp³-hybridized carbons (Fsp3) is 0.440. The Morgan fingerprint density at radius 1 is 0.806 bits per heavy atom. The first-order chi connectivity index (χ1) is 15.2. The standard InChI is InChI=1S/C25H32N4O2/c30-24-20-29(19-18-28(24)17-7-16-27-14-5-2-6-15-27)25(31)26-23-12-10-22(11-13-23)21-8-3-1-4-9-21/h1,3-4,8-13H,2,5-7,14-20H2,(H,26,31). The van der Waals surface area contributed by atoms with Crippen LogP contribution >= 0.6 is 0 Å².